The lowest BCUT2D eigenvalue weighted by Gasteiger charge is -2.41. The van der Waals surface area contributed by atoms with E-state index in [1.54, 1.807) is 31.1 Å². The maximum Gasteiger partial charge on any atom is 0.239 e. The summed E-state index contributed by atoms with van der Waals surface area (Å²) < 4.78 is 15.7. The first-order valence-corrected chi connectivity index (χ1v) is 12.1. The molecular weight excluding hydrogens is 485 g/mol. The number of carbonyl (C=O) groups is 1. The first-order valence-electron chi connectivity index (χ1n) is 12.1. The van der Waals surface area contributed by atoms with Gasteiger partial charge < -0.3 is 9.80 Å². The number of aryl methyl sites for hydroxylation is 1. The molecule has 2 atom stereocenters. The molecule has 4 aromatic rings. The Balaban J connectivity index is 1.66. The number of hydrogen-bond donors (Lipinski definition) is 0. The highest BCUT2D eigenvalue weighted by Gasteiger charge is 2.32. The Labute approximate surface area is 218 Å². The zero-order valence-corrected chi connectivity index (χ0v) is 21.1. The summed E-state index contributed by atoms with van der Waals surface area (Å²) in [5.41, 5.74) is 3.56. The molecular formula is C27H24FN9O. The van der Waals surface area contributed by atoms with E-state index in [-0.39, 0.29) is 11.9 Å². The Hall–Kier alpha value is -4.90. The molecule has 1 amide bonds. The lowest BCUT2D eigenvalue weighted by atomic mass is 9.97. The summed E-state index contributed by atoms with van der Waals surface area (Å²) >= 11 is 0. The molecule has 1 fully saturated rings. The minimum absolute atomic E-state index is 0.159. The van der Waals surface area contributed by atoms with Crippen LogP contribution in [0.4, 0.5) is 10.2 Å². The fourth-order valence-corrected chi connectivity index (χ4v) is 4.89. The van der Waals surface area contributed by atoms with Gasteiger partial charge in [-0.05, 0) is 31.5 Å². The molecule has 1 aliphatic heterocycles. The van der Waals surface area contributed by atoms with Crippen molar-refractivity contribution in [1.29, 1.82) is 10.5 Å². The van der Waals surface area contributed by atoms with Gasteiger partial charge in [-0.25, -0.2) is 14.4 Å². The van der Waals surface area contributed by atoms with Crippen molar-refractivity contribution < 1.29 is 9.18 Å². The molecule has 0 aliphatic carbocycles. The average molecular weight is 510 g/mol. The molecule has 0 bridgehead atoms. The smallest absolute Gasteiger partial charge is 0.239 e. The van der Waals surface area contributed by atoms with Crippen molar-refractivity contribution in [1.82, 2.24) is 29.6 Å². The number of amides is 1. The van der Waals surface area contributed by atoms with E-state index in [9.17, 15) is 19.7 Å². The number of anilines is 1. The highest BCUT2D eigenvalue weighted by Crippen LogP contribution is 2.39. The van der Waals surface area contributed by atoms with Crippen LogP contribution in [-0.2, 0) is 11.8 Å². The molecule has 3 aromatic heterocycles. The highest BCUT2D eigenvalue weighted by molar-refractivity contribution is 6.07. The number of halogens is 1. The van der Waals surface area contributed by atoms with Crippen molar-refractivity contribution in [3.8, 4) is 34.5 Å². The molecule has 1 aromatic carbocycles. The van der Waals surface area contributed by atoms with Gasteiger partial charge in [0.05, 0.1) is 28.9 Å². The predicted octanol–water partition coefficient (Wildman–Crippen LogP) is 3.30. The number of benzene rings is 1. The number of fused-ring (bicyclic) bond motifs is 1. The fourth-order valence-electron chi connectivity index (χ4n) is 4.89. The molecule has 10 nitrogen and oxygen atoms in total. The molecule has 38 heavy (non-hydrogen) atoms. The maximum atomic E-state index is 14.2. The third-order valence-corrected chi connectivity index (χ3v) is 6.83. The summed E-state index contributed by atoms with van der Waals surface area (Å²) in [5, 5.41) is 23.8. The van der Waals surface area contributed by atoms with Gasteiger partial charge >= 0.3 is 0 Å². The van der Waals surface area contributed by atoms with Gasteiger partial charge in [0.25, 0.3) is 0 Å². The Kier molecular flexibility index (Phi) is 6.43. The van der Waals surface area contributed by atoms with E-state index in [0.29, 0.717) is 64.4 Å². The third kappa shape index (κ3) is 4.28. The number of nitriles is 2. The second-order valence-corrected chi connectivity index (χ2v) is 9.30. The number of hydrogen-bond acceptors (Lipinski definition) is 8. The Morgan fingerprint density at radius 1 is 1.16 bits per heavy atom. The zero-order chi connectivity index (χ0) is 27.0. The molecule has 2 unspecified atom stereocenters. The van der Waals surface area contributed by atoms with Crippen LogP contribution in [0.25, 0.3) is 33.3 Å². The summed E-state index contributed by atoms with van der Waals surface area (Å²) in [4.78, 5) is 29.8. The molecule has 1 aliphatic rings. The van der Waals surface area contributed by atoms with Crippen LogP contribution in [-0.4, -0.2) is 61.2 Å². The normalized spacial score (nSPS) is 16.2. The van der Waals surface area contributed by atoms with Crippen LogP contribution in [0.15, 0.2) is 43.0 Å². The Morgan fingerprint density at radius 3 is 2.63 bits per heavy atom. The summed E-state index contributed by atoms with van der Waals surface area (Å²) in [5.74, 6) is -0.728. The summed E-state index contributed by atoms with van der Waals surface area (Å²) in [6.45, 7) is 4.96. The van der Waals surface area contributed by atoms with Crippen LogP contribution in [0, 0.1) is 34.4 Å². The van der Waals surface area contributed by atoms with Crippen LogP contribution < -0.4 is 4.90 Å². The quantitative estimate of drug-likeness (QED) is 0.410. The molecule has 190 valence electrons. The number of nitrogens with zero attached hydrogens (tertiary/aromatic N) is 9. The van der Waals surface area contributed by atoms with Gasteiger partial charge in [0.15, 0.2) is 0 Å². The SMILES string of the molecule is CC(C#N)C(=O)N1CCN(c2ncnc3c(-c4cc(C#N)n(C)n4)ccc(-c4cncc(F)c4)c23)CC1C. The number of pyridine rings is 1. The topological polar surface area (TPSA) is 128 Å². The van der Waals surface area contributed by atoms with Gasteiger partial charge in [0.2, 0.25) is 5.91 Å². The van der Waals surface area contributed by atoms with Crippen molar-refractivity contribution >= 4 is 22.6 Å². The molecule has 4 heterocycles. The number of carbonyl (C=O) groups excluding carboxylic acids is 1. The Morgan fingerprint density at radius 2 is 1.95 bits per heavy atom. The van der Waals surface area contributed by atoms with E-state index >= 15 is 0 Å². The molecule has 0 spiro atoms. The second-order valence-electron chi connectivity index (χ2n) is 9.30. The monoisotopic (exact) mass is 509 g/mol. The van der Waals surface area contributed by atoms with Crippen LogP contribution in [0.2, 0.25) is 0 Å². The second kappa shape index (κ2) is 9.87. The molecule has 1 saturated heterocycles. The molecule has 0 radical (unpaired) electrons. The van der Waals surface area contributed by atoms with E-state index < -0.39 is 11.7 Å². The van der Waals surface area contributed by atoms with Gasteiger partial charge in [0.1, 0.15) is 35.6 Å². The van der Waals surface area contributed by atoms with Crippen molar-refractivity contribution in [3.63, 3.8) is 0 Å². The standard InChI is InChI=1S/C27H24FN9O/c1-16(10-29)27(38)37-7-6-36(14-17(37)2)26-24-21(18-8-19(28)13-31-12-18)4-5-22(25(24)32-15-33-26)23-9-20(11-30)35(3)34-23/h4-5,8-9,12-13,15-17H,6-7,14H2,1-3H3. The van der Waals surface area contributed by atoms with Crippen molar-refractivity contribution in [2.45, 2.75) is 19.9 Å². The highest BCUT2D eigenvalue weighted by atomic mass is 19.1. The van der Waals surface area contributed by atoms with E-state index in [0.717, 1.165) is 6.20 Å². The van der Waals surface area contributed by atoms with Gasteiger partial charge in [0, 0.05) is 56.1 Å². The predicted molar refractivity (Wildman–Crippen MR) is 138 cm³/mol. The molecule has 5 rings (SSSR count). The lowest BCUT2D eigenvalue weighted by Crippen LogP contribution is -2.55. The van der Waals surface area contributed by atoms with Crippen LogP contribution in [0.5, 0.6) is 0 Å². The first-order chi connectivity index (χ1) is 18.3. The van der Waals surface area contributed by atoms with Gasteiger partial charge in [-0.15, -0.1) is 0 Å². The van der Waals surface area contributed by atoms with E-state index in [2.05, 4.69) is 31.0 Å². The zero-order valence-electron chi connectivity index (χ0n) is 21.1. The number of piperazine rings is 1. The lowest BCUT2D eigenvalue weighted by molar-refractivity contribution is -0.135. The van der Waals surface area contributed by atoms with Crippen LogP contribution in [0.3, 0.4) is 0 Å². The van der Waals surface area contributed by atoms with Crippen LogP contribution in [0.1, 0.15) is 19.5 Å². The van der Waals surface area contributed by atoms with Crippen LogP contribution >= 0.6 is 0 Å². The maximum absolute atomic E-state index is 14.2. The van der Waals surface area contributed by atoms with Gasteiger partial charge in [-0.1, -0.05) is 6.07 Å². The van der Waals surface area contributed by atoms with Crippen molar-refractivity contribution in [2.75, 3.05) is 24.5 Å². The summed E-state index contributed by atoms with van der Waals surface area (Å²) in [6.07, 6.45) is 4.21. The summed E-state index contributed by atoms with van der Waals surface area (Å²) in [7, 11) is 1.70. The van der Waals surface area contributed by atoms with E-state index in [4.69, 9.17) is 0 Å². The minimum Gasteiger partial charge on any atom is -0.352 e. The fraction of sp³-hybridized carbons (Fsp3) is 0.296. The first kappa shape index (κ1) is 24.8. The molecule has 0 saturated carbocycles. The number of rotatable bonds is 4. The Bertz CT molecular complexity index is 1630. The minimum atomic E-state index is -0.713. The van der Waals surface area contributed by atoms with E-state index in [1.165, 1.54) is 17.1 Å². The van der Waals surface area contributed by atoms with E-state index in [1.807, 2.05) is 25.1 Å². The van der Waals surface area contributed by atoms with Crippen molar-refractivity contribution in [2.24, 2.45) is 13.0 Å². The number of aromatic nitrogens is 5. The molecule has 11 heteroatoms. The van der Waals surface area contributed by atoms with Gasteiger partial charge in [-0.3, -0.25) is 14.5 Å². The third-order valence-electron chi connectivity index (χ3n) is 6.83. The molecule has 0 N–H and O–H groups in total. The summed E-state index contributed by atoms with van der Waals surface area (Å²) in [6, 6.07) is 10.8. The average Bonchev–Trinajstić information content (AvgIpc) is 3.31. The van der Waals surface area contributed by atoms with Gasteiger partial charge in [-0.2, -0.15) is 15.6 Å². The van der Waals surface area contributed by atoms with Crippen molar-refractivity contribution in [3.05, 3.63) is 54.5 Å². The largest absolute Gasteiger partial charge is 0.352 e.